The summed E-state index contributed by atoms with van der Waals surface area (Å²) in [7, 11) is 1.53. The molecular weight excluding hydrogens is 366 g/mol. The molecule has 0 bridgehead atoms. The molecule has 28 heavy (non-hydrogen) atoms. The number of ether oxygens (including phenoxy) is 3. The van der Waals surface area contributed by atoms with Gasteiger partial charge in [0.2, 0.25) is 0 Å². The maximum absolute atomic E-state index is 13.0. The van der Waals surface area contributed by atoms with Crippen LogP contribution in [0.5, 0.6) is 5.75 Å². The smallest absolute Gasteiger partial charge is 0.310 e. The van der Waals surface area contributed by atoms with Crippen LogP contribution in [0, 0.1) is 0 Å². The van der Waals surface area contributed by atoms with Crippen molar-refractivity contribution in [3.05, 3.63) is 40.2 Å². The first kappa shape index (κ1) is 21.1. The lowest BCUT2D eigenvalue weighted by Crippen LogP contribution is -2.30. The molecule has 0 fully saturated rings. The van der Waals surface area contributed by atoms with E-state index in [0.717, 1.165) is 0 Å². The molecule has 150 valence electrons. The van der Waals surface area contributed by atoms with E-state index in [2.05, 4.69) is 0 Å². The van der Waals surface area contributed by atoms with Crippen LogP contribution >= 0.6 is 0 Å². The first-order chi connectivity index (χ1) is 13.3. The zero-order valence-corrected chi connectivity index (χ0v) is 16.3. The van der Waals surface area contributed by atoms with E-state index in [4.69, 9.17) is 14.2 Å². The summed E-state index contributed by atoms with van der Waals surface area (Å²) in [6, 6.07) is 6.80. The van der Waals surface area contributed by atoms with Crippen LogP contribution in [0.3, 0.4) is 0 Å². The summed E-state index contributed by atoms with van der Waals surface area (Å²) in [6.45, 7) is 4.74. The molecule has 0 aliphatic heterocycles. The summed E-state index contributed by atoms with van der Waals surface area (Å²) in [5.74, 6) is -2.00. The van der Waals surface area contributed by atoms with Crippen LogP contribution in [0.2, 0.25) is 0 Å². The Morgan fingerprint density at radius 3 is 2.00 bits per heavy atom. The molecule has 1 aromatic heterocycles. The van der Waals surface area contributed by atoms with Crippen molar-refractivity contribution in [1.82, 2.24) is 4.57 Å². The van der Waals surface area contributed by atoms with Crippen molar-refractivity contribution in [2.24, 2.45) is 7.05 Å². The molecule has 0 spiro atoms. The lowest BCUT2D eigenvalue weighted by Gasteiger charge is -2.22. The molecule has 0 saturated carbocycles. The van der Waals surface area contributed by atoms with E-state index in [1.165, 1.54) is 11.6 Å². The summed E-state index contributed by atoms with van der Waals surface area (Å²) < 4.78 is 17.2. The molecule has 1 heterocycles. The molecule has 2 rings (SSSR count). The van der Waals surface area contributed by atoms with Crippen LogP contribution in [-0.4, -0.2) is 22.5 Å². The number of carbonyl (C=O) groups excluding carboxylic acids is 3. The number of benzene rings is 1. The highest BCUT2D eigenvalue weighted by molar-refractivity contribution is 5.89. The summed E-state index contributed by atoms with van der Waals surface area (Å²) >= 11 is 0. The second kappa shape index (κ2) is 9.16. The second-order valence-electron chi connectivity index (χ2n) is 5.97. The zero-order chi connectivity index (χ0) is 20.8. The predicted octanol–water partition coefficient (Wildman–Crippen LogP) is 2.76. The van der Waals surface area contributed by atoms with Gasteiger partial charge in [-0.2, -0.15) is 0 Å². The van der Waals surface area contributed by atoms with Gasteiger partial charge >= 0.3 is 17.9 Å². The van der Waals surface area contributed by atoms with Gasteiger partial charge in [-0.3, -0.25) is 19.2 Å². The minimum Gasteiger partial charge on any atom is -0.425 e. The molecule has 8 nitrogen and oxygen atoms in total. The van der Waals surface area contributed by atoms with E-state index in [9.17, 15) is 19.2 Å². The Morgan fingerprint density at radius 2 is 1.46 bits per heavy atom. The van der Waals surface area contributed by atoms with E-state index >= 15 is 0 Å². The fourth-order valence-corrected chi connectivity index (χ4v) is 2.54. The molecule has 0 aliphatic carbocycles. The number of hydrogen-bond donors (Lipinski definition) is 0. The Kier molecular flexibility index (Phi) is 6.92. The lowest BCUT2D eigenvalue weighted by molar-refractivity contribution is -0.189. The number of hydrogen-bond acceptors (Lipinski definition) is 7. The maximum Gasteiger partial charge on any atom is 0.310 e. The number of esters is 3. The minimum atomic E-state index is -1.62. The summed E-state index contributed by atoms with van der Waals surface area (Å²) in [5.41, 5.74) is -0.306. The van der Waals surface area contributed by atoms with Crippen molar-refractivity contribution in [2.45, 2.75) is 46.3 Å². The quantitative estimate of drug-likeness (QED) is 0.530. The summed E-state index contributed by atoms with van der Waals surface area (Å²) in [4.78, 5) is 48.8. The maximum atomic E-state index is 13.0. The van der Waals surface area contributed by atoms with E-state index in [-0.39, 0.29) is 30.6 Å². The average molecular weight is 389 g/mol. The van der Waals surface area contributed by atoms with E-state index in [1.807, 2.05) is 0 Å². The molecule has 0 saturated heterocycles. The highest BCUT2D eigenvalue weighted by atomic mass is 16.7. The fourth-order valence-electron chi connectivity index (χ4n) is 2.54. The SMILES string of the molecule is CCC(=O)Oc1c(C(OC(=O)CC)OC(=O)CC)c(=O)n(C)c2ccccc12. The molecule has 0 radical (unpaired) electrons. The van der Waals surface area contributed by atoms with Crippen LogP contribution in [0.15, 0.2) is 29.1 Å². The van der Waals surface area contributed by atoms with Gasteiger partial charge in [-0.1, -0.05) is 32.9 Å². The van der Waals surface area contributed by atoms with Gasteiger partial charge in [0.15, 0.2) is 5.75 Å². The number of carbonyl (C=O) groups is 3. The Morgan fingerprint density at radius 1 is 0.929 bits per heavy atom. The number of para-hydroxylation sites is 1. The molecule has 0 atom stereocenters. The van der Waals surface area contributed by atoms with E-state index in [1.54, 1.807) is 45.0 Å². The van der Waals surface area contributed by atoms with Crippen molar-refractivity contribution < 1.29 is 28.6 Å². The van der Waals surface area contributed by atoms with Crippen LogP contribution in [0.4, 0.5) is 0 Å². The van der Waals surface area contributed by atoms with Crippen LogP contribution in [0.1, 0.15) is 51.9 Å². The van der Waals surface area contributed by atoms with Gasteiger partial charge in [0, 0.05) is 31.7 Å². The number of aromatic nitrogens is 1. The van der Waals surface area contributed by atoms with Crippen molar-refractivity contribution in [2.75, 3.05) is 0 Å². The second-order valence-corrected chi connectivity index (χ2v) is 5.97. The van der Waals surface area contributed by atoms with Crippen molar-refractivity contribution in [3.63, 3.8) is 0 Å². The Hall–Kier alpha value is -3.16. The number of pyridine rings is 1. The number of rotatable bonds is 7. The van der Waals surface area contributed by atoms with E-state index in [0.29, 0.717) is 10.9 Å². The topological polar surface area (TPSA) is 101 Å². The summed E-state index contributed by atoms with van der Waals surface area (Å²) in [5, 5.41) is 0.450. The number of aryl methyl sites for hydroxylation is 1. The predicted molar refractivity (Wildman–Crippen MR) is 101 cm³/mol. The van der Waals surface area contributed by atoms with Gasteiger partial charge in [-0.05, 0) is 12.1 Å². The minimum absolute atomic E-state index is 0.0121. The third-order valence-electron chi connectivity index (χ3n) is 4.08. The number of fused-ring (bicyclic) bond motifs is 1. The molecule has 2 aromatic rings. The van der Waals surface area contributed by atoms with Crippen LogP contribution in [-0.2, 0) is 30.9 Å². The van der Waals surface area contributed by atoms with Gasteiger partial charge in [0.05, 0.1) is 5.52 Å². The number of nitrogens with zero attached hydrogens (tertiary/aromatic N) is 1. The van der Waals surface area contributed by atoms with Crippen molar-refractivity contribution in [1.29, 1.82) is 0 Å². The molecule has 0 N–H and O–H groups in total. The first-order valence-corrected chi connectivity index (χ1v) is 9.05. The fraction of sp³-hybridized carbons (Fsp3) is 0.400. The molecular formula is C20H23NO7. The van der Waals surface area contributed by atoms with Gasteiger partial charge in [0.1, 0.15) is 5.56 Å². The van der Waals surface area contributed by atoms with Gasteiger partial charge in [-0.25, -0.2) is 0 Å². The van der Waals surface area contributed by atoms with Gasteiger partial charge in [-0.15, -0.1) is 0 Å². The first-order valence-electron chi connectivity index (χ1n) is 9.05. The van der Waals surface area contributed by atoms with Crippen molar-refractivity contribution >= 4 is 28.8 Å². The third kappa shape index (κ3) is 4.39. The van der Waals surface area contributed by atoms with Crippen LogP contribution in [0.25, 0.3) is 10.9 Å². The standard InChI is InChI=1S/C20H23NO7/c1-5-14(22)26-18-12-10-8-9-11-13(12)21(4)19(25)17(18)20(27-15(23)6-2)28-16(24)7-3/h8-11,20H,5-7H2,1-4H3. The van der Waals surface area contributed by atoms with Crippen LogP contribution < -0.4 is 10.3 Å². The summed E-state index contributed by atoms with van der Waals surface area (Å²) in [6.07, 6.45) is -1.53. The molecule has 8 heteroatoms. The molecule has 1 aromatic carbocycles. The van der Waals surface area contributed by atoms with Gasteiger partial charge < -0.3 is 18.8 Å². The highest BCUT2D eigenvalue weighted by Gasteiger charge is 2.31. The zero-order valence-electron chi connectivity index (χ0n) is 16.3. The molecule has 0 unspecified atom stereocenters. The van der Waals surface area contributed by atoms with E-state index < -0.39 is 29.8 Å². The monoisotopic (exact) mass is 389 g/mol. The Labute approximate surface area is 162 Å². The largest absolute Gasteiger partial charge is 0.425 e. The normalized spacial score (nSPS) is 10.8. The highest BCUT2D eigenvalue weighted by Crippen LogP contribution is 2.33. The Bertz CT molecular complexity index is 943. The lowest BCUT2D eigenvalue weighted by atomic mass is 10.1. The van der Waals surface area contributed by atoms with Crippen molar-refractivity contribution in [3.8, 4) is 5.75 Å². The average Bonchev–Trinajstić information content (AvgIpc) is 2.71. The Balaban J connectivity index is 2.79. The molecule has 0 aliphatic rings. The third-order valence-corrected chi connectivity index (χ3v) is 4.08. The van der Waals surface area contributed by atoms with Gasteiger partial charge in [0.25, 0.3) is 11.8 Å². The molecule has 0 amide bonds.